The van der Waals surface area contributed by atoms with Crippen LogP contribution in [0.25, 0.3) is 11.3 Å². The van der Waals surface area contributed by atoms with Gasteiger partial charge < -0.3 is 25.4 Å². The van der Waals surface area contributed by atoms with Crippen molar-refractivity contribution in [2.75, 3.05) is 38.0 Å². The summed E-state index contributed by atoms with van der Waals surface area (Å²) < 4.78 is 44.1. The maximum atomic E-state index is 12.9. The number of likely N-dealkylation sites (tertiary alicyclic amines) is 2. The number of nitrogens with zero attached hydrogens (tertiary/aromatic N) is 4. The maximum Gasteiger partial charge on any atom is 0.416 e. The summed E-state index contributed by atoms with van der Waals surface area (Å²) in [6, 6.07) is 4.42. The minimum Gasteiger partial charge on any atom is -0.507 e. The molecule has 0 spiro atoms. The lowest BCUT2D eigenvalue weighted by Crippen LogP contribution is -2.62. The van der Waals surface area contributed by atoms with E-state index in [0.29, 0.717) is 42.8 Å². The summed E-state index contributed by atoms with van der Waals surface area (Å²) in [5, 5.41) is 24.8. The largest absolute Gasteiger partial charge is 0.507 e. The molecule has 40 heavy (non-hydrogen) atoms. The first kappa shape index (κ1) is 29.4. The van der Waals surface area contributed by atoms with Gasteiger partial charge in [0.15, 0.2) is 0 Å². The number of piperidine rings is 1. The van der Waals surface area contributed by atoms with Crippen molar-refractivity contribution in [3.63, 3.8) is 0 Å². The van der Waals surface area contributed by atoms with Crippen LogP contribution in [0.15, 0.2) is 24.3 Å². The van der Waals surface area contributed by atoms with Crippen LogP contribution in [-0.2, 0) is 15.7 Å². The van der Waals surface area contributed by atoms with Gasteiger partial charge >= 0.3 is 12.3 Å². The molecule has 0 saturated carbocycles. The quantitative estimate of drug-likeness (QED) is 0.485. The molecule has 10 nitrogen and oxygen atoms in total. The zero-order valence-electron chi connectivity index (χ0n) is 23.0. The summed E-state index contributed by atoms with van der Waals surface area (Å²) in [6.45, 7) is 9.63. The van der Waals surface area contributed by atoms with Gasteiger partial charge in [-0.1, -0.05) is 0 Å². The number of phenols is 1. The number of aromatic hydroxyl groups is 1. The van der Waals surface area contributed by atoms with Crippen LogP contribution < -0.4 is 10.6 Å². The number of nitrogens with one attached hydrogen (secondary N) is 2. The molecule has 4 rings (SSSR count). The molecule has 2 aromatic rings. The molecular formula is C27H35F3N6O4. The normalized spacial score (nSPS) is 18.7. The van der Waals surface area contributed by atoms with Gasteiger partial charge in [0.1, 0.15) is 17.2 Å². The van der Waals surface area contributed by atoms with Gasteiger partial charge in [0.2, 0.25) is 5.91 Å². The van der Waals surface area contributed by atoms with Gasteiger partial charge in [0, 0.05) is 31.2 Å². The van der Waals surface area contributed by atoms with Crippen LogP contribution >= 0.6 is 0 Å². The average molecular weight is 565 g/mol. The molecule has 3 heterocycles. The van der Waals surface area contributed by atoms with Gasteiger partial charge in [0.25, 0.3) is 0 Å². The van der Waals surface area contributed by atoms with Crippen molar-refractivity contribution in [3.8, 4) is 17.0 Å². The van der Waals surface area contributed by atoms with Crippen molar-refractivity contribution in [1.29, 1.82) is 0 Å². The monoisotopic (exact) mass is 564 g/mol. The molecule has 3 N–H and O–H groups in total. The smallest absolute Gasteiger partial charge is 0.416 e. The molecule has 2 aliphatic heterocycles. The number of alkyl halides is 3. The van der Waals surface area contributed by atoms with Crippen molar-refractivity contribution in [2.45, 2.75) is 64.4 Å². The number of aromatic nitrogens is 2. The van der Waals surface area contributed by atoms with E-state index < -0.39 is 23.1 Å². The number of aryl methyl sites for hydroxylation is 1. The first-order chi connectivity index (χ1) is 18.7. The molecule has 0 radical (unpaired) electrons. The molecule has 0 aliphatic carbocycles. The Bertz CT molecular complexity index is 1240. The summed E-state index contributed by atoms with van der Waals surface area (Å²) in [5.74, 6) is -0.125. The topological polar surface area (TPSA) is 120 Å². The second-order valence-electron chi connectivity index (χ2n) is 11.4. The first-order valence-corrected chi connectivity index (χ1v) is 13.2. The first-order valence-electron chi connectivity index (χ1n) is 13.2. The van der Waals surface area contributed by atoms with E-state index >= 15 is 0 Å². The third kappa shape index (κ3) is 7.52. The Morgan fingerprint density at radius 3 is 2.45 bits per heavy atom. The van der Waals surface area contributed by atoms with Crippen molar-refractivity contribution < 1.29 is 32.6 Å². The number of hydrogen-bond donors (Lipinski definition) is 3. The third-order valence-electron chi connectivity index (χ3n) is 6.69. The Labute approximate surface area is 230 Å². The SMILES string of the molecule is Cc1cc(N[C@@H]2CCCN(CC(=O)NC3CN(C(=O)OC(C)(C)C)C3)C2)nnc1-c1ccc(C(F)(F)F)cc1O. The van der Waals surface area contributed by atoms with Crippen molar-refractivity contribution in [1.82, 2.24) is 25.3 Å². The van der Waals surface area contributed by atoms with E-state index in [9.17, 15) is 27.9 Å². The van der Waals surface area contributed by atoms with Crippen LogP contribution in [0.5, 0.6) is 5.75 Å². The highest BCUT2D eigenvalue weighted by molar-refractivity contribution is 5.79. The maximum absolute atomic E-state index is 12.9. The Balaban J connectivity index is 1.27. The van der Waals surface area contributed by atoms with Crippen LogP contribution in [0.2, 0.25) is 0 Å². The van der Waals surface area contributed by atoms with Crippen LogP contribution in [0.1, 0.15) is 44.7 Å². The summed E-state index contributed by atoms with van der Waals surface area (Å²) in [4.78, 5) is 28.3. The second-order valence-corrected chi connectivity index (χ2v) is 11.4. The summed E-state index contributed by atoms with van der Waals surface area (Å²) in [7, 11) is 0. The van der Waals surface area contributed by atoms with Gasteiger partial charge in [-0.25, -0.2) is 4.79 Å². The van der Waals surface area contributed by atoms with E-state index in [1.165, 1.54) is 6.07 Å². The lowest BCUT2D eigenvalue weighted by Gasteiger charge is -2.40. The molecule has 0 bridgehead atoms. The highest BCUT2D eigenvalue weighted by atomic mass is 19.4. The Hall–Kier alpha value is -3.61. The lowest BCUT2D eigenvalue weighted by atomic mass is 10.0. The highest BCUT2D eigenvalue weighted by Crippen LogP contribution is 2.37. The standard InChI is InChI=1S/C27H35F3N6O4/c1-16-10-22(33-34-24(16)20-8-7-17(11-21(20)37)27(28,29)30)31-18-6-5-9-35(12-18)15-23(38)32-19-13-36(14-19)25(39)40-26(2,3)4/h7-8,10-11,18-19,37H,5-6,9,12-15H2,1-4H3,(H,31,33)(H,32,38)/t18-/m1/s1. The molecule has 13 heteroatoms. The summed E-state index contributed by atoms with van der Waals surface area (Å²) in [6.07, 6.45) is -3.19. The van der Waals surface area contributed by atoms with E-state index in [1.807, 2.05) is 20.8 Å². The number of amides is 2. The number of carbonyl (C=O) groups is 2. The van der Waals surface area contributed by atoms with Crippen LogP contribution in [0, 0.1) is 6.92 Å². The van der Waals surface area contributed by atoms with Crippen LogP contribution in [-0.4, -0.2) is 87.5 Å². The molecule has 218 valence electrons. The summed E-state index contributed by atoms with van der Waals surface area (Å²) >= 11 is 0. The summed E-state index contributed by atoms with van der Waals surface area (Å²) in [5.41, 5.74) is -0.407. The number of hydrogen-bond acceptors (Lipinski definition) is 8. The van der Waals surface area contributed by atoms with E-state index in [2.05, 4.69) is 25.7 Å². The molecule has 1 aromatic carbocycles. The number of rotatable bonds is 6. The minimum absolute atomic E-state index is 0.0203. The Morgan fingerprint density at radius 1 is 1.10 bits per heavy atom. The lowest BCUT2D eigenvalue weighted by molar-refractivity contribution is -0.137. The molecule has 2 fully saturated rings. The molecule has 1 aromatic heterocycles. The number of phenolic OH excluding ortho intramolecular Hbond substituents is 1. The number of ether oxygens (including phenoxy) is 1. The van der Waals surface area contributed by atoms with Crippen LogP contribution in [0.4, 0.5) is 23.8 Å². The fourth-order valence-corrected chi connectivity index (χ4v) is 4.78. The zero-order valence-corrected chi connectivity index (χ0v) is 23.0. The molecular weight excluding hydrogens is 529 g/mol. The molecule has 2 saturated heterocycles. The van der Waals surface area contributed by atoms with Crippen LogP contribution in [0.3, 0.4) is 0 Å². The molecule has 0 unspecified atom stereocenters. The van der Waals surface area contributed by atoms with Gasteiger partial charge in [0.05, 0.1) is 23.8 Å². The number of anilines is 1. The molecule has 1 atom stereocenters. The van der Waals surface area contributed by atoms with E-state index in [0.717, 1.165) is 25.5 Å². The zero-order chi connectivity index (χ0) is 29.2. The second kappa shape index (κ2) is 11.5. The van der Waals surface area contributed by atoms with Gasteiger partial charge in [-0.15, -0.1) is 10.2 Å². The Kier molecular flexibility index (Phi) is 8.43. The van der Waals surface area contributed by atoms with E-state index in [1.54, 1.807) is 17.9 Å². The van der Waals surface area contributed by atoms with Gasteiger partial charge in [-0.05, 0) is 76.9 Å². The van der Waals surface area contributed by atoms with Gasteiger partial charge in [-0.2, -0.15) is 13.2 Å². The fraction of sp³-hybridized carbons (Fsp3) is 0.556. The predicted octanol–water partition coefficient (Wildman–Crippen LogP) is 3.79. The van der Waals surface area contributed by atoms with Crippen molar-refractivity contribution in [2.24, 2.45) is 0 Å². The van der Waals surface area contributed by atoms with E-state index in [4.69, 9.17) is 4.74 Å². The average Bonchev–Trinajstić information content (AvgIpc) is 2.80. The third-order valence-corrected chi connectivity index (χ3v) is 6.69. The number of carbonyl (C=O) groups excluding carboxylic acids is 2. The van der Waals surface area contributed by atoms with E-state index in [-0.39, 0.29) is 36.2 Å². The fourth-order valence-electron chi connectivity index (χ4n) is 4.78. The number of halogens is 3. The van der Waals surface area contributed by atoms with Crippen molar-refractivity contribution >= 4 is 17.8 Å². The molecule has 2 amide bonds. The predicted molar refractivity (Wildman–Crippen MR) is 142 cm³/mol. The van der Waals surface area contributed by atoms with Crippen molar-refractivity contribution in [3.05, 3.63) is 35.4 Å². The highest BCUT2D eigenvalue weighted by Gasteiger charge is 2.35. The molecule has 2 aliphatic rings. The Morgan fingerprint density at radius 2 is 1.82 bits per heavy atom. The number of benzene rings is 1. The van der Waals surface area contributed by atoms with Gasteiger partial charge in [-0.3, -0.25) is 9.69 Å². The minimum atomic E-state index is -4.56.